The molecular formula is C16H18BrNO2. The highest BCUT2D eigenvalue weighted by atomic mass is 79.9. The number of halogens is 1. The summed E-state index contributed by atoms with van der Waals surface area (Å²) >= 11 is 3.20. The summed E-state index contributed by atoms with van der Waals surface area (Å²) in [6, 6.07) is 4.04. The summed E-state index contributed by atoms with van der Waals surface area (Å²) in [5, 5.41) is 0.321. The molecule has 3 rings (SSSR count). The molecular weight excluding hydrogens is 318 g/mol. The van der Waals surface area contributed by atoms with Crippen LogP contribution in [0.25, 0.3) is 0 Å². The number of carbonyl (C=O) groups excluding carboxylic acids is 2. The molecule has 1 aromatic rings. The van der Waals surface area contributed by atoms with Gasteiger partial charge in [-0.1, -0.05) is 15.9 Å². The predicted octanol–water partition coefficient (Wildman–Crippen LogP) is 3.33. The van der Waals surface area contributed by atoms with Crippen LogP contribution in [0.1, 0.15) is 51.6 Å². The Morgan fingerprint density at radius 3 is 2.75 bits per heavy atom. The maximum atomic E-state index is 12.6. The molecule has 1 saturated carbocycles. The van der Waals surface area contributed by atoms with Gasteiger partial charge in [-0.15, -0.1) is 0 Å². The van der Waals surface area contributed by atoms with Gasteiger partial charge in [0.05, 0.1) is 5.33 Å². The van der Waals surface area contributed by atoms with Crippen molar-refractivity contribution < 1.29 is 9.59 Å². The molecule has 0 aromatic heterocycles. The van der Waals surface area contributed by atoms with Crippen molar-refractivity contribution in [3.05, 3.63) is 34.4 Å². The van der Waals surface area contributed by atoms with E-state index in [1.54, 1.807) is 0 Å². The minimum absolute atomic E-state index is 0.0667. The Balaban J connectivity index is 1.95. The molecule has 1 aliphatic carbocycles. The van der Waals surface area contributed by atoms with Gasteiger partial charge in [-0.05, 0) is 55.9 Å². The zero-order chi connectivity index (χ0) is 14.4. The van der Waals surface area contributed by atoms with Crippen molar-refractivity contribution in [2.24, 2.45) is 5.92 Å². The van der Waals surface area contributed by atoms with E-state index in [4.69, 9.17) is 0 Å². The third kappa shape index (κ3) is 2.20. The van der Waals surface area contributed by atoms with E-state index in [0.717, 1.165) is 16.7 Å². The Labute approximate surface area is 127 Å². The van der Waals surface area contributed by atoms with Crippen LogP contribution in [0.5, 0.6) is 0 Å². The second kappa shape index (κ2) is 4.99. The van der Waals surface area contributed by atoms with E-state index in [1.165, 1.54) is 12.8 Å². The average molecular weight is 336 g/mol. The smallest absolute Gasteiger partial charge is 0.255 e. The van der Waals surface area contributed by atoms with E-state index < -0.39 is 0 Å². The highest BCUT2D eigenvalue weighted by Gasteiger charge is 2.39. The Morgan fingerprint density at radius 2 is 2.15 bits per heavy atom. The molecule has 1 fully saturated rings. The molecule has 0 N–H and O–H groups in total. The van der Waals surface area contributed by atoms with E-state index >= 15 is 0 Å². The summed E-state index contributed by atoms with van der Waals surface area (Å²) in [4.78, 5) is 26.4. The first kappa shape index (κ1) is 13.8. The van der Waals surface area contributed by atoms with Gasteiger partial charge in [-0.3, -0.25) is 9.59 Å². The summed E-state index contributed by atoms with van der Waals surface area (Å²) in [5.41, 5.74) is 3.43. The molecule has 1 aromatic carbocycles. The molecule has 0 saturated heterocycles. The quantitative estimate of drug-likeness (QED) is 0.625. The van der Waals surface area contributed by atoms with E-state index in [0.29, 0.717) is 29.4 Å². The summed E-state index contributed by atoms with van der Waals surface area (Å²) in [7, 11) is 0. The first-order valence-corrected chi connectivity index (χ1v) is 8.18. The van der Waals surface area contributed by atoms with Crippen LogP contribution in [0.3, 0.4) is 0 Å². The van der Waals surface area contributed by atoms with Crippen molar-refractivity contribution in [3.63, 3.8) is 0 Å². The van der Waals surface area contributed by atoms with E-state index in [9.17, 15) is 9.59 Å². The number of ketones is 1. The first-order valence-electron chi connectivity index (χ1n) is 7.06. The minimum Gasteiger partial charge on any atom is -0.331 e. The van der Waals surface area contributed by atoms with Crippen LogP contribution in [0.4, 0.5) is 0 Å². The van der Waals surface area contributed by atoms with Crippen molar-refractivity contribution in [1.82, 2.24) is 4.90 Å². The number of Topliss-reactive ketones (excluding diaryl/α,β-unsaturated/α-hetero) is 1. The average Bonchev–Trinajstić information content (AvgIpc) is 3.21. The van der Waals surface area contributed by atoms with Gasteiger partial charge >= 0.3 is 0 Å². The number of amides is 1. The number of fused-ring (bicyclic) bond motifs is 1. The molecule has 1 heterocycles. The fraction of sp³-hybridized carbons (Fsp3) is 0.500. The lowest BCUT2D eigenvalue weighted by atomic mass is 9.99. The molecule has 1 atom stereocenters. The lowest BCUT2D eigenvalue weighted by Gasteiger charge is -2.24. The standard InChI is InChI=1S/C16H18BrNO2/c1-9-5-12(14(19)7-17)6-13-8-18(16(20)15(9)13)10(2)11-3-4-11/h5-6,10-11H,3-4,7-8H2,1-2H3/t10-/m0/s1. The van der Waals surface area contributed by atoms with Crippen LogP contribution < -0.4 is 0 Å². The van der Waals surface area contributed by atoms with Crippen LogP contribution in [-0.4, -0.2) is 28.0 Å². The van der Waals surface area contributed by atoms with Gasteiger partial charge < -0.3 is 4.90 Å². The van der Waals surface area contributed by atoms with Crippen molar-refractivity contribution in [1.29, 1.82) is 0 Å². The second-order valence-corrected chi connectivity index (χ2v) is 6.46. The van der Waals surface area contributed by atoms with Gasteiger partial charge in [0, 0.05) is 23.7 Å². The van der Waals surface area contributed by atoms with Crippen LogP contribution >= 0.6 is 15.9 Å². The monoisotopic (exact) mass is 335 g/mol. The number of carbonyl (C=O) groups is 2. The number of aryl methyl sites for hydroxylation is 1. The molecule has 0 bridgehead atoms. The number of benzene rings is 1. The number of nitrogens with zero attached hydrogens (tertiary/aromatic N) is 1. The molecule has 3 nitrogen and oxygen atoms in total. The number of rotatable bonds is 4. The molecule has 0 radical (unpaired) electrons. The largest absolute Gasteiger partial charge is 0.331 e. The highest BCUT2D eigenvalue weighted by molar-refractivity contribution is 9.09. The van der Waals surface area contributed by atoms with Gasteiger partial charge in [-0.2, -0.15) is 0 Å². The van der Waals surface area contributed by atoms with Gasteiger partial charge in [0.25, 0.3) is 5.91 Å². The number of hydrogen-bond donors (Lipinski definition) is 0. The van der Waals surface area contributed by atoms with Gasteiger partial charge in [0.15, 0.2) is 5.78 Å². The van der Waals surface area contributed by atoms with Crippen molar-refractivity contribution in [3.8, 4) is 0 Å². The zero-order valence-electron chi connectivity index (χ0n) is 11.8. The topological polar surface area (TPSA) is 37.4 Å². The Hall–Kier alpha value is -1.16. The van der Waals surface area contributed by atoms with Gasteiger partial charge in [0.1, 0.15) is 0 Å². The highest BCUT2D eigenvalue weighted by Crippen LogP contribution is 2.39. The lowest BCUT2D eigenvalue weighted by Crippen LogP contribution is -2.34. The maximum Gasteiger partial charge on any atom is 0.255 e. The normalized spacial score (nSPS) is 19.1. The number of alkyl halides is 1. The third-order valence-electron chi connectivity index (χ3n) is 4.47. The van der Waals surface area contributed by atoms with Crippen LogP contribution in [-0.2, 0) is 6.54 Å². The van der Waals surface area contributed by atoms with Crippen molar-refractivity contribution >= 4 is 27.6 Å². The van der Waals surface area contributed by atoms with E-state index in [1.807, 2.05) is 24.0 Å². The SMILES string of the molecule is Cc1cc(C(=O)CBr)cc2c1C(=O)N([C@@H](C)C1CC1)C2. The first-order chi connectivity index (χ1) is 9.52. The van der Waals surface area contributed by atoms with E-state index in [-0.39, 0.29) is 11.7 Å². The Morgan fingerprint density at radius 1 is 1.45 bits per heavy atom. The molecule has 0 unspecified atom stereocenters. The lowest BCUT2D eigenvalue weighted by molar-refractivity contribution is 0.0697. The molecule has 4 heteroatoms. The predicted molar refractivity (Wildman–Crippen MR) is 81.4 cm³/mol. The van der Waals surface area contributed by atoms with Crippen molar-refractivity contribution in [2.75, 3.05) is 5.33 Å². The zero-order valence-corrected chi connectivity index (χ0v) is 13.4. The Kier molecular flexibility index (Phi) is 3.44. The van der Waals surface area contributed by atoms with Crippen molar-refractivity contribution in [2.45, 2.75) is 39.3 Å². The Bertz CT molecular complexity index is 592. The third-order valence-corrected chi connectivity index (χ3v) is 4.98. The summed E-state index contributed by atoms with van der Waals surface area (Å²) < 4.78 is 0. The molecule has 1 amide bonds. The summed E-state index contributed by atoms with van der Waals surface area (Å²) in [6.45, 7) is 4.71. The van der Waals surface area contributed by atoms with E-state index in [2.05, 4.69) is 22.9 Å². The molecule has 106 valence electrons. The molecule has 20 heavy (non-hydrogen) atoms. The van der Waals surface area contributed by atoms with Crippen LogP contribution in [0.15, 0.2) is 12.1 Å². The maximum absolute atomic E-state index is 12.6. The minimum atomic E-state index is 0.0667. The number of hydrogen-bond acceptors (Lipinski definition) is 2. The molecule has 2 aliphatic rings. The van der Waals surface area contributed by atoms with Gasteiger partial charge in [0.2, 0.25) is 0 Å². The van der Waals surface area contributed by atoms with Crippen LogP contribution in [0.2, 0.25) is 0 Å². The summed E-state index contributed by atoms with van der Waals surface area (Å²) in [6.07, 6.45) is 2.46. The molecule has 1 aliphatic heterocycles. The second-order valence-electron chi connectivity index (χ2n) is 5.90. The summed E-state index contributed by atoms with van der Waals surface area (Å²) in [5.74, 6) is 0.865. The van der Waals surface area contributed by atoms with Crippen LogP contribution in [0, 0.1) is 12.8 Å². The van der Waals surface area contributed by atoms with Gasteiger partial charge in [-0.25, -0.2) is 0 Å². The molecule has 0 spiro atoms. The fourth-order valence-corrected chi connectivity index (χ4v) is 3.41. The fourth-order valence-electron chi connectivity index (χ4n) is 3.09.